The number of hydrogen-bond acceptors (Lipinski definition) is 1. The second kappa shape index (κ2) is 6.64. The second-order valence-corrected chi connectivity index (χ2v) is 5.94. The maximum absolute atomic E-state index is 14.0. The molecule has 28 heavy (non-hydrogen) atoms. The molecule has 148 valence electrons. The molecule has 3 rings (SSSR count). The van der Waals surface area contributed by atoms with Crippen molar-refractivity contribution in [3.05, 3.63) is 76.9 Å². The van der Waals surface area contributed by atoms with Crippen LogP contribution in [0.15, 0.2) is 54.6 Å². The zero-order valence-electron chi connectivity index (χ0n) is 13.7. The largest absolute Gasteiger partial charge is 0.827 e. The lowest BCUT2D eigenvalue weighted by Crippen LogP contribution is -2.90. The minimum Gasteiger partial charge on any atom is -0.599 e. The van der Waals surface area contributed by atoms with Gasteiger partial charge in [-0.3, -0.25) is 0 Å². The van der Waals surface area contributed by atoms with Crippen LogP contribution in [0.4, 0.5) is 35.0 Å². The Morgan fingerprint density at radius 3 is 1.79 bits per heavy atom. The Morgan fingerprint density at radius 2 is 1.25 bits per heavy atom. The van der Waals surface area contributed by atoms with Crippen molar-refractivity contribution >= 4 is 18.5 Å². The summed E-state index contributed by atoms with van der Waals surface area (Å²) in [4.78, 5) is 1.69. The monoisotopic (exact) mass is 407 g/mol. The normalized spacial score (nSPS) is 16.9. The summed E-state index contributed by atoms with van der Waals surface area (Å²) in [5.74, 6) is -0.595. The number of rotatable bonds is 2. The van der Waals surface area contributed by atoms with Crippen LogP contribution >= 0.6 is 0 Å². The second-order valence-electron chi connectivity index (χ2n) is 5.94. The predicted octanol–water partition coefficient (Wildman–Crippen LogP) is 4.04. The van der Waals surface area contributed by atoms with Crippen LogP contribution in [-0.2, 0) is 17.0 Å². The first-order valence-electron chi connectivity index (χ1n) is 7.77. The maximum atomic E-state index is 14.0. The van der Waals surface area contributed by atoms with Crippen LogP contribution in [0, 0.1) is 0 Å². The van der Waals surface area contributed by atoms with Gasteiger partial charge in [-0.25, -0.2) is 0 Å². The van der Waals surface area contributed by atoms with Gasteiger partial charge in [-0.2, -0.15) is 26.3 Å². The molecular weight excluding hydrogens is 397 g/mol. The molecule has 11 heteroatoms. The van der Waals surface area contributed by atoms with Gasteiger partial charge in [0.15, 0.2) is 5.71 Å². The number of alkyl halides is 6. The summed E-state index contributed by atoms with van der Waals surface area (Å²) < 4.78 is 110. The highest BCUT2D eigenvalue weighted by molar-refractivity contribution is 6.52. The Labute approximate surface area is 153 Å². The molecular formula is C17H10BF8NO. The van der Waals surface area contributed by atoms with Crippen LogP contribution in [-0.4, -0.2) is 12.7 Å². The summed E-state index contributed by atoms with van der Waals surface area (Å²) in [6.07, 6.45) is -8.46. The highest BCUT2D eigenvalue weighted by Gasteiger charge is 2.44. The van der Waals surface area contributed by atoms with Crippen molar-refractivity contribution in [3.63, 3.8) is 0 Å². The summed E-state index contributed by atoms with van der Waals surface area (Å²) in [5.41, 5.74) is -3.05. The summed E-state index contributed by atoms with van der Waals surface area (Å²) in [5, 5.41) is 0. The van der Waals surface area contributed by atoms with E-state index in [9.17, 15) is 35.0 Å². The smallest absolute Gasteiger partial charge is 0.599 e. The van der Waals surface area contributed by atoms with E-state index in [1.165, 1.54) is 0 Å². The first kappa shape index (κ1) is 19.9. The Balaban J connectivity index is 2.07. The van der Waals surface area contributed by atoms with Gasteiger partial charge in [0.25, 0.3) is 0 Å². The van der Waals surface area contributed by atoms with Crippen LogP contribution in [0.25, 0.3) is 5.76 Å². The van der Waals surface area contributed by atoms with Crippen molar-refractivity contribution in [1.29, 1.82) is 0 Å². The zero-order valence-corrected chi connectivity index (χ0v) is 13.7. The molecule has 0 atom stereocenters. The lowest BCUT2D eigenvalue weighted by Gasteiger charge is -2.24. The van der Waals surface area contributed by atoms with E-state index in [0.717, 1.165) is 42.5 Å². The molecule has 0 bridgehead atoms. The van der Waals surface area contributed by atoms with Gasteiger partial charge in [-0.05, 0) is 30.3 Å². The van der Waals surface area contributed by atoms with Crippen LogP contribution < -0.4 is 4.90 Å². The van der Waals surface area contributed by atoms with Crippen molar-refractivity contribution in [1.82, 2.24) is 0 Å². The number of nitrogens with one attached hydrogen (secondary N) is 1. The fourth-order valence-corrected chi connectivity index (χ4v) is 2.61. The van der Waals surface area contributed by atoms with Crippen molar-refractivity contribution in [3.8, 4) is 0 Å². The number of benzene rings is 2. The lowest BCUT2D eigenvalue weighted by molar-refractivity contribution is -0.360. The van der Waals surface area contributed by atoms with Gasteiger partial charge < -0.3 is 18.2 Å². The summed E-state index contributed by atoms with van der Waals surface area (Å²) in [7, 11) is -4.75. The summed E-state index contributed by atoms with van der Waals surface area (Å²) in [6.45, 7) is 0. The third-order valence-corrected chi connectivity index (χ3v) is 3.85. The van der Waals surface area contributed by atoms with Gasteiger partial charge in [-0.1, -0.05) is 18.2 Å². The molecule has 0 aromatic heterocycles. The van der Waals surface area contributed by atoms with E-state index in [1.54, 1.807) is 4.90 Å². The molecule has 0 unspecified atom stereocenters. The average molecular weight is 407 g/mol. The molecule has 0 saturated carbocycles. The summed E-state index contributed by atoms with van der Waals surface area (Å²) in [6, 6.07) is 7.13. The van der Waals surface area contributed by atoms with Gasteiger partial charge in [0.1, 0.15) is 0 Å². The Morgan fingerprint density at radius 1 is 0.750 bits per heavy atom. The van der Waals surface area contributed by atoms with Crippen LogP contribution in [0.2, 0.25) is 0 Å². The third kappa shape index (κ3) is 4.34. The molecule has 1 aliphatic rings. The number of halogens is 8. The minimum absolute atomic E-state index is 0.218. The Kier molecular flexibility index (Phi) is 4.72. The fourth-order valence-electron chi connectivity index (χ4n) is 2.61. The van der Waals surface area contributed by atoms with E-state index in [2.05, 4.69) is 4.65 Å². The van der Waals surface area contributed by atoms with Gasteiger partial charge in [0.05, 0.1) is 16.9 Å². The van der Waals surface area contributed by atoms with Crippen molar-refractivity contribution in [2.24, 2.45) is 0 Å². The molecule has 0 amide bonds. The Bertz CT molecular complexity index is 962. The Hall–Kier alpha value is -2.85. The van der Waals surface area contributed by atoms with E-state index < -0.39 is 42.0 Å². The predicted molar refractivity (Wildman–Crippen MR) is 85.0 cm³/mol. The van der Waals surface area contributed by atoms with Crippen molar-refractivity contribution < 1.29 is 44.5 Å². The van der Waals surface area contributed by atoms with E-state index in [1.807, 2.05) is 0 Å². The average Bonchev–Trinajstić information content (AvgIpc) is 2.59. The van der Waals surface area contributed by atoms with Gasteiger partial charge in [0.2, 0.25) is 0 Å². The SMILES string of the molecule is F[B-]1(F)[NH+]=C(c2cccc(C(F)(F)F)c2)C=C(c2cccc(C(F)(F)F)c2)O1. The van der Waals surface area contributed by atoms with Gasteiger partial charge >= 0.3 is 19.4 Å². The zero-order chi connectivity index (χ0) is 20.7. The third-order valence-electron chi connectivity index (χ3n) is 3.85. The molecule has 0 radical (unpaired) electrons. The molecule has 1 aliphatic heterocycles. The van der Waals surface area contributed by atoms with Crippen LogP contribution in [0.3, 0.4) is 0 Å². The van der Waals surface area contributed by atoms with E-state index in [-0.39, 0.29) is 11.1 Å². The highest BCUT2D eigenvalue weighted by atomic mass is 19.4. The van der Waals surface area contributed by atoms with E-state index >= 15 is 0 Å². The van der Waals surface area contributed by atoms with Crippen LogP contribution in [0.5, 0.6) is 0 Å². The maximum Gasteiger partial charge on any atom is 0.827 e. The van der Waals surface area contributed by atoms with Crippen LogP contribution in [0.1, 0.15) is 22.3 Å². The molecule has 2 aromatic rings. The van der Waals surface area contributed by atoms with Crippen molar-refractivity contribution in [2.75, 3.05) is 0 Å². The molecule has 0 fully saturated rings. The fraction of sp³-hybridized carbons (Fsp3) is 0.118. The number of hydrogen-bond donors (Lipinski definition) is 1. The van der Waals surface area contributed by atoms with Gasteiger partial charge in [0, 0.05) is 17.2 Å². The number of allylic oxidation sites excluding steroid dienone is 1. The molecule has 1 heterocycles. The van der Waals surface area contributed by atoms with Gasteiger partial charge in [-0.15, -0.1) is 0 Å². The molecule has 0 aliphatic carbocycles. The topological polar surface area (TPSA) is 23.2 Å². The molecule has 0 saturated heterocycles. The molecule has 1 N–H and O–H groups in total. The molecule has 2 aromatic carbocycles. The van der Waals surface area contributed by atoms with Crippen molar-refractivity contribution in [2.45, 2.75) is 12.4 Å². The lowest BCUT2D eigenvalue weighted by atomic mass is 9.96. The molecule has 0 spiro atoms. The van der Waals surface area contributed by atoms with E-state index in [0.29, 0.717) is 12.1 Å². The summed E-state index contributed by atoms with van der Waals surface area (Å²) >= 11 is 0. The quantitative estimate of drug-likeness (QED) is 0.590. The first-order chi connectivity index (χ1) is 12.9. The standard InChI is InChI=1S/C17H10BF8NO/c19-16(20,21)12-5-1-3-10(7-12)14-9-15(28-18(25,26)27-14)11-4-2-6-13(8-11)17(22,23)24/h1-9,27H. The minimum atomic E-state index is -4.75. The molecule has 2 nitrogen and oxygen atoms in total. The highest BCUT2D eigenvalue weighted by Crippen LogP contribution is 2.33. The first-order valence-corrected chi connectivity index (χ1v) is 7.77. The van der Waals surface area contributed by atoms with E-state index in [4.69, 9.17) is 0 Å².